The Balaban J connectivity index is 3.43. The molecule has 33 heteroatoms. The summed E-state index contributed by atoms with van der Waals surface area (Å²) in [7, 11) is -8.66. The number of nitrogens with zero attached hydrogens (tertiary/aromatic N) is 1. The van der Waals surface area contributed by atoms with Gasteiger partial charge in [0.1, 0.15) is 37.3 Å². The Morgan fingerprint density at radius 3 is 1.75 bits per heavy atom. The van der Waals surface area contributed by atoms with Gasteiger partial charge in [0.05, 0.1) is 24.0 Å². The maximum atomic E-state index is 13.5. The van der Waals surface area contributed by atoms with Crippen LogP contribution in [0, 0.1) is 0 Å². The van der Waals surface area contributed by atoms with Gasteiger partial charge in [-0.05, 0) is 19.8 Å². The molecule has 29 nitrogen and oxygen atoms in total. The predicted molar refractivity (Wildman–Crippen MR) is 209 cm³/mol. The topological polar surface area (TPSA) is 451 Å². The zero-order valence-corrected chi connectivity index (χ0v) is 36.4. The number of thioether (sulfide) groups is 2. The molecule has 0 aromatic heterocycles. The minimum atomic E-state index is -4.48. The number of rotatable bonds is 30. The van der Waals surface area contributed by atoms with E-state index in [2.05, 4.69) is 14.9 Å². The number of ether oxygens (including phenoxy) is 2. The van der Waals surface area contributed by atoms with Crippen molar-refractivity contribution in [3.05, 3.63) is 10.7 Å². The zero-order chi connectivity index (χ0) is 48.5. The SMILES string of the molecule is CCOC(=O)C1(CSCC(NC(=O)CCC(C(=O)O)N(O)S(C)(=O)=O)C(=O)NCC(=O)O)OC(=O)C(O)=C1SCC(NC(=O)CCC(NOS(C)(=O)=O)C(=O)O)C(=O)NCC(=O)O. The van der Waals surface area contributed by atoms with Crippen LogP contribution >= 0.6 is 23.5 Å². The number of amides is 4. The Morgan fingerprint density at radius 2 is 1.30 bits per heavy atom. The lowest BCUT2D eigenvalue weighted by atomic mass is 10.1. The van der Waals surface area contributed by atoms with Crippen LogP contribution in [0.15, 0.2) is 10.7 Å². The first-order valence-electron chi connectivity index (χ1n) is 17.5. The third-order valence-corrected chi connectivity index (χ3v) is 11.4. The van der Waals surface area contributed by atoms with E-state index in [1.165, 1.54) is 6.92 Å². The first kappa shape index (κ1) is 55.7. The van der Waals surface area contributed by atoms with E-state index in [0.29, 0.717) is 36.0 Å². The minimum Gasteiger partial charge on any atom is -0.501 e. The number of hydrogen-bond acceptors (Lipinski definition) is 22. The average molecular weight is 985 g/mol. The van der Waals surface area contributed by atoms with E-state index in [1.54, 1.807) is 5.48 Å². The molecule has 1 aliphatic rings. The van der Waals surface area contributed by atoms with E-state index in [-0.39, 0.29) is 6.61 Å². The molecule has 0 fully saturated rings. The maximum absolute atomic E-state index is 13.5. The van der Waals surface area contributed by atoms with Gasteiger partial charge in [-0.1, -0.05) is 4.47 Å². The fraction of sp³-hybridized carbons (Fsp3) is 0.600. The molecule has 1 aliphatic heterocycles. The normalized spacial score (nSPS) is 17.1. The van der Waals surface area contributed by atoms with Gasteiger partial charge in [0, 0.05) is 30.1 Å². The summed E-state index contributed by atoms with van der Waals surface area (Å²) < 4.78 is 59.9. The van der Waals surface area contributed by atoms with Crippen molar-refractivity contribution in [1.82, 2.24) is 31.2 Å². The van der Waals surface area contributed by atoms with Crippen LogP contribution in [0.2, 0.25) is 0 Å². The molecular formula is C30H44N6O23S4. The number of aliphatic hydroxyl groups excluding tert-OH is 1. The second kappa shape index (κ2) is 25.1. The number of carbonyl (C=O) groups is 10. The fourth-order valence-electron chi connectivity index (χ4n) is 4.70. The van der Waals surface area contributed by atoms with Crippen LogP contribution in [0.1, 0.15) is 32.6 Å². The lowest BCUT2D eigenvalue weighted by molar-refractivity contribution is -0.169. The van der Waals surface area contributed by atoms with Gasteiger partial charge in [-0.15, -0.1) is 11.8 Å². The molecule has 1 rings (SSSR count). The first-order valence-corrected chi connectivity index (χ1v) is 23.3. The third-order valence-electron chi connectivity index (χ3n) is 7.60. The van der Waals surface area contributed by atoms with E-state index in [4.69, 9.17) is 19.7 Å². The largest absolute Gasteiger partial charge is 0.501 e. The number of aliphatic hydroxyl groups is 1. The molecular weight excluding hydrogens is 941 g/mol. The molecule has 4 amide bonds. The quantitative estimate of drug-likeness (QED) is 0.0237. The molecule has 0 saturated carbocycles. The van der Waals surface area contributed by atoms with Crippen LogP contribution in [0.25, 0.3) is 0 Å². The number of carbonyl (C=O) groups excluding carboxylic acids is 6. The lowest BCUT2D eigenvalue weighted by Crippen LogP contribution is -2.51. The molecule has 0 aromatic carbocycles. The minimum absolute atomic E-state index is 0.337. The number of aliphatic carboxylic acids is 4. The average Bonchev–Trinajstić information content (AvgIpc) is 3.41. The third kappa shape index (κ3) is 18.9. The summed E-state index contributed by atoms with van der Waals surface area (Å²) in [4.78, 5) is 123. The predicted octanol–water partition coefficient (Wildman–Crippen LogP) is -4.95. The number of cyclic esters (lactones) is 1. The van der Waals surface area contributed by atoms with Crippen LogP contribution in [-0.4, -0.2) is 191 Å². The van der Waals surface area contributed by atoms with Crippen molar-refractivity contribution in [3.63, 3.8) is 0 Å². The molecule has 0 spiro atoms. The second-order valence-corrected chi connectivity index (χ2v) is 18.1. The van der Waals surface area contributed by atoms with E-state index >= 15 is 0 Å². The summed E-state index contributed by atoms with van der Waals surface area (Å²) in [6.07, 6.45) is -1.93. The van der Waals surface area contributed by atoms with Crippen molar-refractivity contribution in [2.75, 3.05) is 49.5 Å². The molecule has 0 aliphatic carbocycles. The van der Waals surface area contributed by atoms with Gasteiger partial charge in [-0.25, -0.2) is 18.0 Å². The van der Waals surface area contributed by atoms with Crippen molar-refractivity contribution >= 4 is 103 Å². The Kier molecular flexibility index (Phi) is 22.2. The molecule has 0 radical (unpaired) electrons. The van der Waals surface area contributed by atoms with Gasteiger partial charge >= 0.3 is 35.8 Å². The summed E-state index contributed by atoms with van der Waals surface area (Å²) in [5.74, 6) is -17.3. The molecule has 356 valence electrons. The Bertz CT molecular complexity index is 2030. The highest BCUT2D eigenvalue weighted by Crippen LogP contribution is 2.43. The van der Waals surface area contributed by atoms with Gasteiger partial charge in [0.15, 0.2) is 0 Å². The summed E-state index contributed by atoms with van der Waals surface area (Å²) >= 11 is 0.880. The number of hydrogen-bond donors (Lipinski definition) is 11. The molecule has 1 heterocycles. The Hall–Kier alpha value is -5.32. The molecule has 0 aromatic rings. The van der Waals surface area contributed by atoms with Crippen LogP contribution in [0.4, 0.5) is 0 Å². The number of esters is 2. The number of nitrogens with one attached hydrogen (secondary N) is 5. The number of carboxylic acid groups (broad SMARTS) is 4. The smallest absolute Gasteiger partial charge is 0.375 e. The standard InChI is InChI=1S/C30H44N6O23S4/c1-4-57-29(51)30(13-60-11-15(24(44)31-9-20(39)40)33-19(38)8-6-17(27(48)49)36(52)62(2,53)54)23(22(43)28(50)58-30)61-12-16(25(45)32-10-21(41)42)34-18(37)7-5-14(26(46)47)35-59-63(3,55)56/h14-17,35,43,52H,4-13H2,1-3H3,(H,31,44)(H,32,45)(H,33,38)(H,34,37)(H,39,40)(H,41,42)(H,46,47)(H,48,49). The van der Waals surface area contributed by atoms with Gasteiger partial charge in [0.25, 0.3) is 15.7 Å². The van der Waals surface area contributed by atoms with E-state index in [1.807, 2.05) is 10.6 Å². The van der Waals surface area contributed by atoms with Crippen molar-refractivity contribution in [1.29, 1.82) is 0 Å². The van der Waals surface area contributed by atoms with Gasteiger partial charge in [-0.3, -0.25) is 43.6 Å². The van der Waals surface area contributed by atoms with Gasteiger partial charge in [0.2, 0.25) is 39.4 Å². The summed E-state index contributed by atoms with van der Waals surface area (Å²) in [5.41, 5.74) is -0.862. The number of sulfonamides is 1. The number of hydroxylamine groups is 2. The van der Waals surface area contributed by atoms with E-state index in [9.17, 15) is 85.3 Å². The highest BCUT2D eigenvalue weighted by atomic mass is 32.2. The number of carboxylic acids is 4. The van der Waals surface area contributed by atoms with Crippen LogP contribution in [0.5, 0.6) is 0 Å². The van der Waals surface area contributed by atoms with Crippen molar-refractivity contribution in [2.24, 2.45) is 0 Å². The molecule has 11 N–H and O–H groups in total. The monoisotopic (exact) mass is 984 g/mol. The molecule has 63 heavy (non-hydrogen) atoms. The first-order chi connectivity index (χ1) is 29.1. The summed E-state index contributed by atoms with van der Waals surface area (Å²) in [6.45, 7) is -0.987. The highest BCUT2D eigenvalue weighted by Gasteiger charge is 2.56. The fourth-order valence-corrected chi connectivity index (χ4v) is 8.15. The van der Waals surface area contributed by atoms with Crippen LogP contribution < -0.4 is 26.7 Å². The Morgan fingerprint density at radius 1 is 0.794 bits per heavy atom. The lowest BCUT2D eigenvalue weighted by Gasteiger charge is -2.29. The second-order valence-electron chi connectivity index (χ2n) is 12.7. The molecule has 0 saturated heterocycles. The van der Waals surface area contributed by atoms with E-state index in [0.717, 1.165) is 0 Å². The molecule has 0 bridgehead atoms. The zero-order valence-electron chi connectivity index (χ0n) is 33.1. The maximum Gasteiger partial charge on any atom is 0.375 e. The van der Waals surface area contributed by atoms with E-state index < -0.39 is 181 Å². The van der Waals surface area contributed by atoms with Gasteiger partial charge in [-0.2, -0.15) is 29.9 Å². The van der Waals surface area contributed by atoms with Crippen molar-refractivity contribution < 1.29 is 109 Å². The molecule has 5 unspecified atom stereocenters. The van der Waals surface area contributed by atoms with Gasteiger partial charge < -0.3 is 56.3 Å². The van der Waals surface area contributed by atoms with Crippen LogP contribution in [0.3, 0.4) is 0 Å². The summed E-state index contributed by atoms with van der Waals surface area (Å²) in [5, 5.41) is 65.7. The summed E-state index contributed by atoms with van der Waals surface area (Å²) in [6, 6.07) is -7.42. The van der Waals surface area contributed by atoms with Crippen LogP contribution in [-0.2, 0) is 81.8 Å². The van der Waals surface area contributed by atoms with Crippen molar-refractivity contribution in [2.45, 2.75) is 62.4 Å². The Labute approximate surface area is 365 Å². The molecule has 5 atom stereocenters. The highest BCUT2D eigenvalue weighted by molar-refractivity contribution is 8.03. The van der Waals surface area contributed by atoms with Crippen molar-refractivity contribution in [3.8, 4) is 0 Å².